The molecule has 0 spiro atoms. The number of nitrogens with zero attached hydrogens (tertiary/aromatic N) is 1. The topological polar surface area (TPSA) is 87.1 Å². The lowest BCUT2D eigenvalue weighted by Crippen LogP contribution is -2.01. The van der Waals surface area contributed by atoms with Crippen LogP contribution in [0.2, 0.25) is 0 Å². The minimum atomic E-state index is -0.0615. The monoisotopic (exact) mass is 411 g/mol. The first-order chi connectivity index (χ1) is 14.6. The van der Waals surface area contributed by atoms with Gasteiger partial charge in [0.05, 0.1) is 27.4 Å². The van der Waals surface area contributed by atoms with Gasteiger partial charge in [-0.3, -0.25) is 9.78 Å². The molecule has 3 rings (SSSR count). The number of fused-ring (bicyclic) bond motifs is 1. The van der Waals surface area contributed by atoms with E-state index in [0.717, 1.165) is 6.42 Å². The van der Waals surface area contributed by atoms with E-state index in [9.17, 15) is 9.90 Å². The lowest BCUT2D eigenvalue weighted by atomic mass is 9.95. The smallest absolute Gasteiger partial charge is 0.203 e. The van der Waals surface area contributed by atoms with Gasteiger partial charge in [0.25, 0.3) is 0 Å². The van der Waals surface area contributed by atoms with Gasteiger partial charge in [0.1, 0.15) is 0 Å². The summed E-state index contributed by atoms with van der Waals surface area (Å²) in [5.74, 6) is 1.75. The van der Waals surface area contributed by atoms with Crippen LogP contribution in [0.5, 0.6) is 28.7 Å². The van der Waals surface area contributed by atoms with Crippen LogP contribution < -0.4 is 18.9 Å². The van der Waals surface area contributed by atoms with Crippen LogP contribution in [-0.2, 0) is 0 Å². The number of methoxy groups -OCH3 is 2. The lowest BCUT2D eigenvalue weighted by Gasteiger charge is -2.18. The second-order valence-electron chi connectivity index (χ2n) is 6.53. The van der Waals surface area contributed by atoms with Crippen molar-refractivity contribution in [2.75, 3.05) is 27.4 Å². The average molecular weight is 411 g/mol. The molecule has 0 radical (unpaired) electrons. The van der Waals surface area contributed by atoms with E-state index >= 15 is 0 Å². The Labute approximate surface area is 175 Å². The standard InChI is InChI=1S/C23H25NO6/c1-5-7-30-23-19(27-3)8-14(9-20(23)28-4)16-10-18(29-6-2)22(26)17-12-24-11-15(13-25)21(16)17/h8-13,26H,5-7H2,1-4H3. The number of benzene rings is 2. The molecule has 0 amide bonds. The van der Waals surface area contributed by atoms with Gasteiger partial charge in [-0.1, -0.05) is 6.92 Å². The number of carbonyl (C=O) groups is 1. The van der Waals surface area contributed by atoms with Crippen molar-refractivity contribution in [3.05, 3.63) is 36.2 Å². The Bertz CT molecular complexity index is 1040. The molecule has 158 valence electrons. The summed E-state index contributed by atoms with van der Waals surface area (Å²) in [5.41, 5.74) is 1.74. The van der Waals surface area contributed by atoms with Gasteiger partial charge in [-0.25, -0.2) is 0 Å². The number of hydrogen-bond donors (Lipinski definition) is 1. The SMILES string of the molecule is CCCOc1c(OC)cc(-c2cc(OCC)c(O)c3cncc(C=O)c23)cc1OC. The van der Waals surface area contributed by atoms with E-state index in [2.05, 4.69) is 4.98 Å². The third-order valence-electron chi connectivity index (χ3n) is 4.66. The summed E-state index contributed by atoms with van der Waals surface area (Å²) < 4.78 is 22.5. The van der Waals surface area contributed by atoms with Crippen LogP contribution in [-0.4, -0.2) is 43.8 Å². The number of ether oxygens (including phenoxy) is 4. The molecule has 0 fully saturated rings. The largest absolute Gasteiger partial charge is 0.504 e. The summed E-state index contributed by atoms with van der Waals surface area (Å²) in [6.07, 6.45) is 4.53. The number of carbonyl (C=O) groups excluding carboxylic acids is 1. The van der Waals surface area contributed by atoms with Crippen molar-refractivity contribution in [1.82, 2.24) is 4.98 Å². The molecule has 2 aromatic carbocycles. The summed E-state index contributed by atoms with van der Waals surface area (Å²) in [4.78, 5) is 15.8. The van der Waals surface area contributed by atoms with Crippen LogP contribution >= 0.6 is 0 Å². The minimum absolute atomic E-state index is 0.0615. The molecule has 1 aromatic heterocycles. The molecule has 3 aromatic rings. The van der Waals surface area contributed by atoms with Gasteiger partial charge in [-0.15, -0.1) is 0 Å². The molecule has 30 heavy (non-hydrogen) atoms. The second-order valence-corrected chi connectivity index (χ2v) is 6.53. The lowest BCUT2D eigenvalue weighted by molar-refractivity contribution is 0.112. The van der Waals surface area contributed by atoms with E-state index in [1.54, 1.807) is 20.3 Å². The van der Waals surface area contributed by atoms with Gasteiger partial charge in [-0.05, 0) is 42.7 Å². The Morgan fingerprint density at radius 1 is 1.00 bits per heavy atom. The highest BCUT2D eigenvalue weighted by Crippen LogP contribution is 2.46. The number of aromatic nitrogens is 1. The summed E-state index contributed by atoms with van der Waals surface area (Å²) >= 11 is 0. The number of phenols is 1. The number of aldehydes is 1. The summed E-state index contributed by atoms with van der Waals surface area (Å²) in [6, 6.07) is 5.32. The molecular formula is C23H25NO6. The molecular weight excluding hydrogens is 386 g/mol. The number of hydrogen-bond acceptors (Lipinski definition) is 7. The molecule has 7 heteroatoms. The van der Waals surface area contributed by atoms with E-state index in [-0.39, 0.29) is 5.75 Å². The molecule has 7 nitrogen and oxygen atoms in total. The highest BCUT2D eigenvalue weighted by atomic mass is 16.5. The molecule has 0 atom stereocenters. The van der Waals surface area contributed by atoms with E-state index in [0.29, 0.717) is 70.0 Å². The highest BCUT2D eigenvalue weighted by molar-refractivity contribution is 6.09. The van der Waals surface area contributed by atoms with Crippen LogP contribution in [0.3, 0.4) is 0 Å². The first-order valence-corrected chi connectivity index (χ1v) is 9.70. The first kappa shape index (κ1) is 21.2. The van der Waals surface area contributed by atoms with E-state index < -0.39 is 0 Å². The molecule has 0 bridgehead atoms. The molecule has 0 unspecified atom stereocenters. The maximum Gasteiger partial charge on any atom is 0.203 e. The Hall–Kier alpha value is -3.48. The first-order valence-electron chi connectivity index (χ1n) is 9.70. The summed E-state index contributed by atoms with van der Waals surface area (Å²) in [6.45, 7) is 4.73. The second kappa shape index (κ2) is 9.35. The Morgan fingerprint density at radius 3 is 2.27 bits per heavy atom. The molecule has 0 aliphatic rings. The average Bonchev–Trinajstić information content (AvgIpc) is 2.78. The maximum absolute atomic E-state index is 11.7. The Kier molecular flexibility index (Phi) is 6.61. The van der Waals surface area contributed by atoms with Crippen molar-refractivity contribution in [2.24, 2.45) is 0 Å². The van der Waals surface area contributed by atoms with Crippen molar-refractivity contribution in [3.63, 3.8) is 0 Å². The third-order valence-corrected chi connectivity index (χ3v) is 4.66. The predicted octanol–water partition coefficient (Wildman–Crippen LogP) is 4.62. The minimum Gasteiger partial charge on any atom is -0.504 e. The van der Waals surface area contributed by atoms with Crippen molar-refractivity contribution in [3.8, 4) is 39.9 Å². The van der Waals surface area contributed by atoms with Crippen molar-refractivity contribution in [1.29, 1.82) is 0 Å². The van der Waals surface area contributed by atoms with Gasteiger partial charge >= 0.3 is 0 Å². The quantitative estimate of drug-likeness (QED) is 0.514. The summed E-state index contributed by atoms with van der Waals surface area (Å²) in [5, 5.41) is 11.6. The van der Waals surface area contributed by atoms with E-state index in [1.165, 1.54) is 12.4 Å². The maximum atomic E-state index is 11.7. The van der Waals surface area contributed by atoms with Gasteiger partial charge in [0, 0.05) is 28.7 Å². The van der Waals surface area contributed by atoms with Crippen LogP contribution in [0.1, 0.15) is 30.6 Å². The Morgan fingerprint density at radius 2 is 1.70 bits per heavy atom. The molecule has 0 saturated carbocycles. The zero-order valence-corrected chi connectivity index (χ0v) is 17.5. The normalized spacial score (nSPS) is 10.7. The van der Waals surface area contributed by atoms with E-state index in [1.807, 2.05) is 26.0 Å². The van der Waals surface area contributed by atoms with Gasteiger partial charge in [-0.2, -0.15) is 0 Å². The number of phenolic OH excluding ortho intramolecular Hbond substituents is 1. The molecule has 0 aliphatic heterocycles. The number of rotatable bonds is 9. The van der Waals surface area contributed by atoms with E-state index in [4.69, 9.17) is 18.9 Å². The molecule has 1 heterocycles. The van der Waals surface area contributed by atoms with Gasteiger partial charge in [0.15, 0.2) is 29.3 Å². The van der Waals surface area contributed by atoms with Crippen LogP contribution in [0, 0.1) is 0 Å². The zero-order chi connectivity index (χ0) is 21.7. The van der Waals surface area contributed by atoms with Crippen molar-refractivity contribution >= 4 is 17.1 Å². The van der Waals surface area contributed by atoms with Crippen molar-refractivity contribution < 1.29 is 28.8 Å². The fraction of sp³-hybridized carbons (Fsp3) is 0.304. The molecule has 1 N–H and O–H groups in total. The third kappa shape index (κ3) is 3.83. The van der Waals surface area contributed by atoms with Gasteiger partial charge in [0.2, 0.25) is 5.75 Å². The summed E-state index contributed by atoms with van der Waals surface area (Å²) in [7, 11) is 3.11. The molecule has 0 aliphatic carbocycles. The van der Waals surface area contributed by atoms with Gasteiger partial charge < -0.3 is 24.1 Å². The highest BCUT2D eigenvalue weighted by Gasteiger charge is 2.20. The van der Waals surface area contributed by atoms with Crippen molar-refractivity contribution in [2.45, 2.75) is 20.3 Å². The fourth-order valence-electron chi connectivity index (χ4n) is 3.33. The number of aromatic hydroxyl groups is 1. The zero-order valence-electron chi connectivity index (χ0n) is 17.5. The van der Waals surface area contributed by atoms with Crippen LogP contribution in [0.4, 0.5) is 0 Å². The van der Waals surface area contributed by atoms with Crippen LogP contribution in [0.25, 0.3) is 21.9 Å². The Balaban J connectivity index is 2.35. The molecule has 0 saturated heterocycles. The number of pyridine rings is 1. The fourth-order valence-corrected chi connectivity index (χ4v) is 3.33. The van der Waals surface area contributed by atoms with Crippen LogP contribution in [0.15, 0.2) is 30.6 Å². The predicted molar refractivity (Wildman–Crippen MR) is 114 cm³/mol.